The van der Waals surface area contributed by atoms with Gasteiger partial charge in [0.15, 0.2) is 0 Å². The van der Waals surface area contributed by atoms with Gasteiger partial charge in [-0.3, -0.25) is 20.2 Å². The third-order valence-corrected chi connectivity index (χ3v) is 4.00. The van der Waals surface area contributed by atoms with E-state index in [-0.39, 0.29) is 29.1 Å². The number of aliphatic hydroxyl groups excluding tert-OH is 1. The molecule has 0 aliphatic heterocycles. The molecule has 1 atom stereocenters. The Balaban J connectivity index is 2.81. The summed E-state index contributed by atoms with van der Waals surface area (Å²) in [6.07, 6.45) is 2.28. The third kappa shape index (κ3) is 4.66. The number of nitro groups is 2. The van der Waals surface area contributed by atoms with Gasteiger partial charge in [-0.05, 0) is 24.3 Å². The number of hydrogen-bond acceptors (Lipinski definition) is 6. The molecule has 1 unspecified atom stereocenters. The average Bonchev–Trinajstić information content (AvgIpc) is 2.47. The van der Waals surface area contributed by atoms with Gasteiger partial charge in [0.1, 0.15) is 5.69 Å². The Morgan fingerprint density at radius 2 is 1.91 bits per heavy atom. The number of hydrogen-bond donors (Lipinski definition) is 2. The van der Waals surface area contributed by atoms with Crippen LogP contribution in [0.1, 0.15) is 33.1 Å². The van der Waals surface area contributed by atoms with E-state index in [9.17, 15) is 20.2 Å². The first kappa shape index (κ1) is 17.8. The number of nitrogens with one attached hydrogen (secondary N) is 1. The van der Waals surface area contributed by atoms with Crippen molar-refractivity contribution in [3.05, 3.63) is 38.4 Å². The van der Waals surface area contributed by atoms with Crippen molar-refractivity contribution in [2.24, 2.45) is 5.41 Å². The molecule has 1 rings (SSSR count). The summed E-state index contributed by atoms with van der Waals surface area (Å²) in [5.74, 6) is 0. The van der Waals surface area contributed by atoms with Gasteiger partial charge >= 0.3 is 0 Å². The molecule has 0 bridgehead atoms. The van der Waals surface area contributed by atoms with Gasteiger partial charge in [-0.15, -0.1) is 0 Å². The highest BCUT2D eigenvalue weighted by Gasteiger charge is 2.23. The molecule has 0 saturated carbocycles. The fraction of sp³-hybridized carbons (Fsp3) is 0.571. The molecular formula is C14H21N3O5. The monoisotopic (exact) mass is 311 g/mol. The summed E-state index contributed by atoms with van der Waals surface area (Å²) in [7, 11) is 0. The van der Waals surface area contributed by atoms with Crippen LogP contribution < -0.4 is 5.32 Å². The smallest absolute Gasteiger partial charge is 0.299 e. The number of rotatable bonds is 9. The minimum Gasteiger partial charge on any atom is -0.396 e. The lowest BCUT2D eigenvalue weighted by Gasteiger charge is -2.27. The molecular weight excluding hydrogens is 290 g/mol. The highest BCUT2D eigenvalue weighted by Crippen LogP contribution is 2.32. The van der Waals surface area contributed by atoms with Crippen molar-refractivity contribution in [2.75, 3.05) is 18.5 Å². The SMILES string of the molecule is CCC(C)(CCO)CCNc1ccc([N+](=O)[O-])cc1[N+](=O)[O-]. The lowest BCUT2D eigenvalue weighted by molar-refractivity contribution is -0.393. The maximum atomic E-state index is 11.0. The van der Waals surface area contributed by atoms with Crippen LogP contribution in [0.2, 0.25) is 0 Å². The quantitative estimate of drug-likeness (QED) is 0.534. The predicted octanol–water partition coefficient (Wildman–Crippen LogP) is 3.10. The van der Waals surface area contributed by atoms with Gasteiger partial charge in [-0.25, -0.2) is 0 Å². The molecule has 0 aliphatic rings. The van der Waals surface area contributed by atoms with Crippen molar-refractivity contribution in [1.29, 1.82) is 0 Å². The van der Waals surface area contributed by atoms with Gasteiger partial charge in [0.25, 0.3) is 11.4 Å². The number of non-ortho nitro benzene ring substituents is 1. The van der Waals surface area contributed by atoms with Crippen LogP contribution in [0.3, 0.4) is 0 Å². The van der Waals surface area contributed by atoms with Crippen LogP contribution >= 0.6 is 0 Å². The summed E-state index contributed by atoms with van der Waals surface area (Å²) in [5.41, 5.74) is -0.402. The molecule has 8 nitrogen and oxygen atoms in total. The Hall–Kier alpha value is -2.22. The first-order valence-electron chi connectivity index (χ1n) is 7.10. The van der Waals surface area contributed by atoms with Crippen molar-refractivity contribution in [2.45, 2.75) is 33.1 Å². The molecule has 122 valence electrons. The number of aliphatic hydroxyl groups is 1. The number of benzene rings is 1. The van der Waals surface area contributed by atoms with E-state index < -0.39 is 9.85 Å². The normalized spacial score (nSPS) is 13.4. The van der Waals surface area contributed by atoms with Crippen LogP contribution in [0.15, 0.2) is 18.2 Å². The summed E-state index contributed by atoms with van der Waals surface area (Å²) in [4.78, 5) is 20.4. The van der Waals surface area contributed by atoms with Gasteiger partial charge in [0, 0.05) is 19.2 Å². The Labute approximate surface area is 128 Å². The van der Waals surface area contributed by atoms with Crippen molar-refractivity contribution in [3.63, 3.8) is 0 Å². The molecule has 22 heavy (non-hydrogen) atoms. The molecule has 2 N–H and O–H groups in total. The van der Waals surface area contributed by atoms with Crippen molar-refractivity contribution in [3.8, 4) is 0 Å². The summed E-state index contributed by atoms with van der Waals surface area (Å²) >= 11 is 0. The number of nitro benzene ring substituents is 2. The lowest BCUT2D eigenvalue weighted by atomic mass is 9.81. The van der Waals surface area contributed by atoms with E-state index in [4.69, 9.17) is 5.11 Å². The Kier molecular flexibility index (Phi) is 6.24. The first-order chi connectivity index (χ1) is 10.3. The Bertz CT molecular complexity index is 549. The van der Waals surface area contributed by atoms with Crippen molar-refractivity contribution >= 4 is 17.1 Å². The molecule has 0 amide bonds. The molecule has 1 aromatic rings. The molecule has 0 fully saturated rings. The van der Waals surface area contributed by atoms with Crippen LogP contribution in [0.4, 0.5) is 17.1 Å². The molecule has 0 aliphatic carbocycles. The summed E-state index contributed by atoms with van der Waals surface area (Å²) in [5, 5.41) is 33.7. The minimum atomic E-state index is -0.661. The van der Waals surface area contributed by atoms with Crippen LogP contribution in [-0.4, -0.2) is 28.1 Å². The topological polar surface area (TPSA) is 119 Å². The van der Waals surface area contributed by atoms with Gasteiger partial charge in [-0.1, -0.05) is 20.3 Å². The molecule has 0 spiro atoms. The summed E-state index contributed by atoms with van der Waals surface area (Å²) in [6, 6.07) is 3.54. The van der Waals surface area contributed by atoms with E-state index in [1.807, 2.05) is 6.92 Å². The maximum absolute atomic E-state index is 11.0. The minimum absolute atomic E-state index is 0.0443. The fourth-order valence-electron chi connectivity index (χ4n) is 2.18. The second kappa shape index (κ2) is 7.69. The molecule has 8 heteroatoms. The Morgan fingerprint density at radius 1 is 1.23 bits per heavy atom. The van der Waals surface area contributed by atoms with Crippen molar-refractivity contribution in [1.82, 2.24) is 0 Å². The van der Waals surface area contributed by atoms with E-state index in [1.54, 1.807) is 0 Å². The van der Waals surface area contributed by atoms with Crippen LogP contribution in [0, 0.1) is 25.6 Å². The van der Waals surface area contributed by atoms with Crippen LogP contribution in [0.5, 0.6) is 0 Å². The molecule has 1 aromatic carbocycles. The number of nitrogens with zero attached hydrogens (tertiary/aromatic N) is 2. The van der Waals surface area contributed by atoms with E-state index in [2.05, 4.69) is 12.2 Å². The first-order valence-corrected chi connectivity index (χ1v) is 7.10. The second-order valence-corrected chi connectivity index (χ2v) is 5.53. The van der Waals surface area contributed by atoms with Gasteiger partial charge < -0.3 is 10.4 Å². The highest BCUT2D eigenvalue weighted by atomic mass is 16.6. The zero-order chi connectivity index (χ0) is 16.8. The van der Waals surface area contributed by atoms with Gasteiger partial charge in [-0.2, -0.15) is 0 Å². The van der Waals surface area contributed by atoms with E-state index in [1.165, 1.54) is 12.1 Å². The predicted molar refractivity (Wildman–Crippen MR) is 83.0 cm³/mol. The number of anilines is 1. The van der Waals surface area contributed by atoms with Crippen LogP contribution in [-0.2, 0) is 0 Å². The standard InChI is InChI=1S/C14H21N3O5/c1-3-14(2,7-9-18)6-8-15-12-5-4-11(16(19)20)10-13(12)17(21)22/h4-5,10,15,18H,3,6-9H2,1-2H3. The highest BCUT2D eigenvalue weighted by molar-refractivity contribution is 5.65. The average molecular weight is 311 g/mol. The van der Waals surface area contributed by atoms with E-state index in [0.717, 1.165) is 18.9 Å². The fourth-order valence-corrected chi connectivity index (χ4v) is 2.18. The largest absolute Gasteiger partial charge is 0.396 e. The van der Waals surface area contributed by atoms with Gasteiger partial charge in [0.05, 0.1) is 15.9 Å². The summed E-state index contributed by atoms with van der Waals surface area (Å²) in [6.45, 7) is 4.67. The maximum Gasteiger partial charge on any atom is 0.299 e. The molecule has 0 radical (unpaired) electrons. The van der Waals surface area contributed by atoms with Gasteiger partial charge in [0.2, 0.25) is 0 Å². The third-order valence-electron chi connectivity index (χ3n) is 4.00. The molecule has 0 saturated heterocycles. The second-order valence-electron chi connectivity index (χ2n) is 5.53. The zero-order valence-corrected chi connectivity index (χ0v) is 12.7. The molecule has 0 heterocycles. The van der Waals surface area contributed by atoms with Crippen molar-refractivity contribution < 1.29 is 15.0 Å². The van der Waals surface area contributed by atoms with E-state index in [0.29, 0.717) is 13.0 Å². The Morgan fingerprint density at radius 3 is 2.41 bits per heavy atom. The van der Waals surface area contributed by atoms with E-state index >= 15 is 0 Å². The zero-order valence-electron chi connectivity index (χ0n) is 12.7. The lowest BCUT2D eigenvalue weighted by Crippen LogP contribution is -2.21. The van der Waals surface area contributed by atoms with Crippen LogP contribution in [0.25, 0.3) is 0 Å². The molecule has 0 aromatic heterocycles. The summed E-state index contributed by atoms with van der Waals surface area (Å²) < 4.78 is 0.